The van der Waals surface area contributed by atoms with Crippen molar-refractivity contribution in [3.05, 3.63) is 95.9 Å². The highest BCUT2D eigenvalue weighted by molar-refractivity contribution is 6.08. The summed E-state index contributed by atoms with van der Waals surface area (Å²) in [5.41, 5.74) is 16.7. The molecule has 7 heteroatoms. The Bertz CT molecular complexity index is 1290. The zero-order chi connectivity index (χ0) is 25.4. The van der Waals surface area contributed by atoms with Crippen molar-refractivity contribution in [1.82, 2.24) is 15.8 Å². The summed E-state index contributed by atoms with van der Waals surface area (Å²) in [5, 5.41) is 0. The van der Waals surface area contributed by atoms with E-state index in [1.807, 2.05) is 60.5 Å². The molecule has 2 fully saturated rings. The molecule has 2 aromatic rings. The van der Waals surface area contributed by atoms with Crippen LogP contribution in [-0.4, -0.2) is 35.3 Å². The van der Waals surface area contributed by atoms with Gasteiger partial charge < -0.3 is 20.8 Å². The van der Waals surface area contributed by atoms with Crippen LogP contribution in [0, 0.1) is 11.8 Å². The fraction of sp³-hybridized carbons (Fsp3) is 0.333. The van der Waals surface area contributed by atoms with Crippen LogP contribution in [0.5, 0.6) is 11.5 Å². The Morgan fingerprint density at radius 2 is 1.81 bits per heavy atom. The number of hydrogen-bond donors (Lipinski definition) is 3. The van der Waals surface area contributed by atoms with Crippen molar-refractivity contribution in [3.8, 4) is 11.5 Å². The number of hydrazine groups is 1. The van der Waals surface area contributed by atoms with Crippen molar-refractivity contribution in [2.24, 2.45) is 22.6 Å². The maximum atomic E-state index is 12.9. The van der Waals surface area contributed by atoms with Gasteiger partial charge in [0, 0.05) is 31.1 Å². The second-order valence-electron chi connectivity index (χ2n) is 10.5. The number of rotatable bonds is 5. The van der Waals surface area contributed by atoms with E-state index in [9.17, 15) is 4.79 Å². The average molecular weight is 496 g/mol. The summed E-state index contributed by atoms with van der Waals surface area (Å²) in [7, 11) is 0. The molecule has 2 aromatic carbocycles. The van der Waals surface area contributed by atoms with E-state index in [4.69, 9.17) is 15.5 Å². The number of nitrogens with zero attached hydrogens (tertiary/aromatic N) is 2. The summed E-state index contributed by atoms with van der Waals surface area (Å²) in [6.45, 7) is 3.76. The predicted molar refractivity (Wildman–Crippen MR) is 145 cm³/mol. The Hall–Kier alpha value is -3.68. The Balaban J connectivity index is 1.28. The van der Waals surface area contributed by atoms with Crippen molar-refractivity contribution < 1.29 is 9.53 Å². The molecule has 0 saturated carbocycles. The number of fused-ring (bicyclic) bond motifs is 1. The molecule has 7 nitrogen and oxygen atoms in total. The Morgan fingerprint density at radius 1 is 1.08 bits per heavy atom. The molecule has 4 atom stereocenters. The molecule has 0 bridgehead atoms. The standard InChI is InChI=1S/C30H33N5O2/c1-30(31)27-25(33-34-30)19-32-28(21-9-11-22(12-10-21)29(36)35-17-5-6-18-35)26(27)20-13-15-24(16-14-20)37-23-7-3-2-4-8-23/h2-4,7-11,13-16,19,22,26-27,33-34H,5-6,12,17-18,31H2,1H3. The average Bonchev–Trinajstić information content (AvgIpc) is 3.57. The third-order valence-electron chi connectivity index (χ3n) is 7.78. The number of allylic oxidation sites excluding steroid dienone is 3. The highest BCUT2D eigenvalue weighted by atomic mass is 16.5. The lowest BCUT2D eigenvalue weighted by molar-refractivity contribution is -0.132. The number of carbonyl (C=O) groups is 1. The molecule has 3 heterocycles. The fourth-order valence-corrected chi connectivity index (χ4v) is 5.84. The van der Waals surface area contributed by atoms with Crippen molar-refractivity contribution in [2.75, 3.05) is 13.1 Å². The molecule has 6 rings (SSSR count). The monoisotopic (exact) mass is 495 g/mol. The summed E-state index contributed by atoms with van der Waals surface area (Å²) in [4.78, 5) is 19.8. The van der Waals surface area contributed by atoms with E-state index in [1.165, 1.54) is 0 Å². The zero-order valence-electron chi connectivity index (χ0n) is 21.1. The quantitative estimate of drug-likeness (QED) is 0.573. The maximum Gasteiger partial charge on any atom is 0.229 e. The van der Waals surface area contributed by atoms with Gasteiger partial charge in [-0.2, -0.15) is 0 Å². The van der Waals surface area contributed by atoms with E-state index in [1.54, 1.807) is 0 Å². The maximum absolute atomic E-state index is 12.9. The van der Waals surface area contributed by atoms with Crippen LogP contribution in [-0.2, 0) is 4.79 Å². The van der Waals surface area contributed by atoms with Crippen LogP contribution in [0.25, 0.3) is 0 Å². The number of ether oxygens (including phenoxy) is 1. The van der Waals surface area contributed by atoms with Gasteiger partial charge in [-0.25, -0.2) is 5.43 Å². The van der Waals surface area contributed by atoms with Gasteiger partial charge in [0.25, 0.3) is 0 Å². The summed E-state index contributed by atoms with van der Waals surface area (Å²) in [6.07, 6.45) is 11.1. The van der Waals surface area contributed by atoms with Crippen molar-refractivity contribution >= 4 is 11.6 Å². The van der Waals surface area contributed by atoms with Gasteiger partial charge in [-0.1, -0.05) is 48.6 Å². The van der Waals surface area contributed by atoms with Gasteiger partial charge in [0.1, 0.15) is 11.5 Å². The number of nitrogens with two attached hydrogens (primary N) is 1. The molecular formula is C30H33N5O2. The molecular weight excluding hydrogens is 462 g/mol. The highest BCUT2D eigenvalue weighted by Gasteiger charge is 2.48. The van der Waals surface area contributed by atoms with Crippen LogP contribution in [0.4, 0.5) is 0 Å². The lowest BCUT2D eigenvalue weighted by Crippen LogP contribution is -2.54. The van der Waals surface area contributed by atoms with Gasteiger partial charge in [0.15, 0.2) is 0 Å². The molecule has 1 aliphatic carbocycles. The zero-order valence-corrected chi connectivity index (χ0v) is 21.1. The predicted octanol–water partition coefficient (Wildman–Crippen LogP) is 4.38. The lowest BCUT2D eigenvalue weighted by Gasteiger charge is -2.36. The Morgan fingerprint density at radius 3 is 2.51 bits per heavy atom. The Kier molecular flexibility index (Phi) is 6.18. The number of carbonyl (C=O) groups excluding carboxylic acids is 1. The number of likely N-dealkylation sites (tertiary alicyclic amines) is 1. The first kappa shape index (κ1) is 23.7. The molecule has 0 aromatic heterocycles. The van der Waals surface area contributed by atoms with Crippen LogP contribution in [0.2, 0.25) is 0 Å². The van der Waals surface area contributed by atoms with Crippen LogP contribution in [0.15, 0.2) is 95.3 Å². The molecule has 4 unspecified atom stereocenters. The van der Waals surface area contributed by atoms with Gasteiger partial charge in [-0.15, -0.1) is 0 Å². The minimum atomic E-state index is -0.663. The summed E-state index contributed by atoms with van der Waals surface area (Å²) >= 11 is 0. The number of aliphatic imine (C=N–C) groups is 1. The largest absolute Gasteiger partial charge is 0.457 e. The molecule has 4 aliphatic rings. The number of benzene rings is 2. The number of para-hydroxylation sites is 1. The van der Waals surface area contributed by atoms with Crippen LogP contribution in [0.1, 0.15) is 37.7 Å². The normalized spacial score (nSPS) is 28.6. The first-order chi connectivity index (χ1) is 18.0. The summed E-state index contributed by atoms with van der Waals surface area (Å²) in [6, 6.07) is 18.0. The van der Waals surface area contributed by atoms with Crippen molar-refractivity contribution in [2.45, 2.75) is 37.8 Å². The number of amides is 1. The minimum Gasteiger partial charge on any atom is -0.457 e. The third kappa shape index (κ3) is 4.61. The van der Waals surface area contributed by atoms with E-state index in [0.717, 1.165) is 60.0 Å². The van der Waals surface area contributed by atoms with Crippen LogP contribution < -0.4 is 21.3 Å². The van der Waals surface area contributed by atoms with E-state index in [0.29, 0.717) is 6.42 Å². The van der Waals surface area contributed by atoms with E-state index < -0.39 is 5.66 Å². The number of nitrogens with one attached hydrogen (secondary N) is 2. The molecule has 3 aliphatic heterocycles. The van der Waals surface area contributed by atoms with Gasteiger partial charge in [-0.05, 0) is 61.6 Å². The molecule has 2 saturated heterocycles. The van der Waals surface area contributed by atoms with Gasteiger partial charge in [-0.3, -0.25) is 9.79 Å². The van der Waals surface area contributed by atoms with Crippen LogP contribution in [0.3, 0.4) is 0 Å². The van der Waals surface area contributed by atoms with Gasteiger partial charge in [0.2, 0.25) is 5.91 Å². The van der Waals surface area contributed by atoms with Crippen molar-refractivity contribution in [1.29, 1.82) is 0 Å². The lowest BCUT2D eigenvalue weighted by atomic mass is 9.72. The smallest absolute Gasteiger partial charge is 0.229 e. The second-order valence-corrected chi connectivity index (χ2v) is 10.5. The highest BCUT2D eigenvalue weighted by Crippen LogP contribution is 2.43. The topological polar surface area (TPSA) is 92.0 Å². The van der Waals surface area contributed by atoms with Gasteiger partial charge in [0.05, 0.1) is 23.0 Å². The summed E-state index contributed by atoms with van der Waals surface area (Å²) in [5.74, 6) is 1.62. The Labute approximate surface area is 217 Å². The van der Waals surface area contributed by atoms with Gasteiger partial charge >= 0.3 is 0 Å². The van der Waals surface area contributed by atoms with Crippen LogP contribution >= 0.6 is 0 Å². The first-order valence-corrected chi connectivity index (χ1v) is 13.1. The van der Waals surface area contributed by atoms with Crippen molar-refractivity contribution in [3.63, 3.8) is 0 Å². The fourth-order valence-electron chi connectivity index (χ4n) is 5.84. The molecule has 0 radical (unpaired) electrons. The van der Waals surface area contributed by atoms with E-state index in [-0.39, 0.29) is 23.7 Å². The van der Waals surface area contributed by atoms with E-state index >= 15 is 0 Å². The number of hydrogen-bond acceptors (Lipinski definition) is 6. The first-order valence-electron chi connectivity index (χ1n) is 13.1. The molecule has 1 amide bonds. The molecule has 4 N–H and O–H groups in total. The van der Waals surface area contributed by atoms with E-state index in [2.05, 4.69) is 41.2 Å². The second kappa shape index (κ2) is 9.65. The molecule has 37 heavy (non-hydrogen) atoms. The minimum absolute atomic E-state index is 0.0286. The summed E-state index contributed by atoms with van der Waals surface area (Å²) < 4.78 is 6.02. The molecule has 0 spiro atoms. The SMILES string of the molecule is CC1(N)NNC2=CN=C(C3=CCC(C(=O)N4CCCC4)C=C3)C(c3ccc(Oc4ccccc4)cc3)C21. The third-order valence-corrected chi connectivity index (χ3v) is 7.78. The molecule has 190 valence electrons.